The lowest BCUT2D eigenvalue weighted by atomic mass is 10.1. The predicted molar refractivity (Wildman–Crippen MR) is 129 cm³/mol. The van der Waals surface area contributed by atoms with E-state index in [-0.39, 0.29) is 0 Å². The fourth-order valence-electron chi connectivity index (χ4n) is 2.59. The first-order valence-corrected chi connectivity index (χ1v) is 10.6. The molecule has 0 aliphatic heterocycles. The van der Waals surface area contributed by atoms with E-state index in [1.165, 1.54) is 13.3 Å². The van der Waals surface area contributed by atoms with Crippen molar-refractivity contribution >= 4 is 29.7 Å². The molecule has 0 spiro atoms. The van der Waals surface area contributed by atoms with Gasteiger partial charge in [-0.25, -0.2) is 0 Å². The lowest BCUT2D eigenvalue weighted by molar-refractivity contribution is 0.298. The molecule has 1 aromatic heterocycles. The molecule has 8 nitrogen and oxygen atoms in total. The Balaban J connectivity index is 2.45. The van der Waals surface area contributed by atoms with Gasteiger partial charge in [0.25, 0.3) is 0 Å². The number of hydrogen-bond donors (Lipinski definition) is 3. The molecule has 1 aromatic carbocycles. The Labute approximate surface area is 187 Å². The lowest BCUT2D eigenvalue weighted by Gasteiger charge is -2.15. The number of nitrogens with zero attached hydrogens (tertiary/aromatic N) is 3. The highest BCUT2D eigenvalue weighted by Crippen LogP contribution is 2.24. The number of methoxy groups -OCH3 is 1. The van der Waals surface area contributed by atoms with Crippen LogP contribution in [0.5, 0.6) is 5.75 Å². The molecule has 0 saturated carbocycles. The average Bonchev–Trinajstić information content (AvgIpc) is 3.17. The summed E-state index contributed by atoms with van der Waals surface area (Å²) in [5, 5.41) is 10.3. The van der Waals surface area contributed by atoms with Gasteiger partial charge < -0.3 is 20.5 Å². The van der Waals surface area contributed by atoms with Gasteiger partial charge in [0.15, 0.2) is 23.3 Å². The largest absolute Gasteiger partial charge is 0.492 e. The number of aromatic amines is 1. The van der Waals surface area contributed by atoms with E-state index >= 15 is 0 Å². The zero-order chi connectivity index (χ0) is 22.8. The van der Waals surface area contributed by atoms with Crippen LogP contribution in [0, 0.1) is 6.92 Å². The molecule has 0 bridgehead atoms. The first-order chi connectivity index (χ1) is 14.9. The highest BCUT2D eigenvalue weighted by Gasteiger charge is 2.16. The standard InChI is InChI=1S/C22H28N6O2S/c1-14-11-20(28-27-14)26-22(21(29-5)15(2)17(12-23)13-24-4)25-16(3)30-18-7-9-19(31-6)10-8-18/h7-13H,2,23H2,1,3-6H3,(H2,26,27,28)/b17-12+,22-21-,24-13?,25-16+. The number of allylic oxidation sites excluding steroid dienone is 1. The number of nitrogens with two attached hydrogens (primary N) is 1. The number of aryl methyl sites for hydroxylation is 1. The number of H-pyrrole nitrogens is 1. The van der Waals surface area contributed by atoms with Crippen molar-refractivity contribution in [1.82, 2.24) is 10.2 Å². The molecule has 9 heteroatoms. The molecule has 0 fully saturated rings. The average molecular weight is 441 g/mol. The molecule has 4 N–H and O–H groups in total. The molecule has 31 heavy (non-hydrogen) atoms. The summed E-state index contributed by atoms with van der Waals surface area (Å²) in [6.07, 6.45) is 5.03. The van der Waals surface area contributed by atoms with Crippen molar-refractivity contribution in [2.75, 3.05) is 25.7 Å². The maximum atomic E-state index is 5.88. The van der Waals surface area contributed by atoms with Crippen LogP contribution < -0.4 is 15.8 Å². The van der Waals surface area contributed by atoms with Crippen LogP contribution in [0.25, 0.3) is 0 Å². The number of nitrogens with one attached hydrogen (secondary N) is 2. The predicted octanol–water partition coefficient (Wildman–Crippen LogP) is 4.26. The van der Waals surface area contributed by atoms with Crippen molar-refractivity contribution in [3.8, 4) is 5.75 Å². The first-order valence-electron chi connectivity index (χ1n) is 9.40. The molecule has 2 aromatic rings. The van der Waals surface area contributed by atoms with E-state index in [1.807, 2.05) is 43.5 Å². The summed E-state index contributed by atoms with van der Waals surface area (Å²) in [5.41, 5.74) is 7.74. The van der Waals surface area contributed by atoms with E-state index in [1.54, 1.807) is 31.9 Å². The summed E-state index contributed by atoms with van der Waals surface area (Å²) in [5.74, 6) is 2.38. The zero-order valence-electron chi connectivity index (χ0n) is 18.4. The van der Waals surface area contributed by atoms with Gasteiger partial charge in [-0.15, -0.1) is 11.8 Å². The molecule has 0 unspecified atom stereocenters. The number of aromatic nitrogens is 2. The van der Waals surface area contributed by atoms with Crippen LogP contribution in [0.2, 0.25) is 0 Å². The Kier molecular flexibility index (Phi) is 8.95. The second-order valence-corrected chi connectivity index (χ2v) is 7.22. The van der Waals surface area contributed by atoms with E-state index in [9.17, 15) is 0 Å². The van der Waals surface area contributed by atoms with Crippen molar-refractivity contribution in [2.45, 2.75) is 18.7 Å². The van der Waals surface area contributed by atoms with Gasteiger partial charge in [0.2, 0.25) is 0 Å². The van der Waals surface area contributed by atoms with Crippen LogP contribution in [0.3, 0.4) is 0 Å². The van der Waals surface area contributed by atoms with E-state index in [0.29, 0.717) is 40.2 Å². The molecule has 0 amide bonds. The Morgan fingerprint density at radius 2 is 2.03 bits per heavy atom. The van der Waals surface area contributed by atoms with E-state index in [2.05, 4.69) is 32.1 Å². The fourth-order valence-corrected chi connectivity index (χ4v) is 3.00. The van der Waals surface area contributed by atoms with Gasteiger partial charge in [-0.3, -0.25) is 10.1 Å². The molecule has 1 heterocycles. The summed E-state index contributed by atoms with van der Waals surface area (Å²) in [6.45, 7) is 7.75. The van der Waals surface area contributed by atoms with Crippen molar-refractivity contribution < 1.29 is 9.47 Å². The summed E-state index contributed by atoms with van der Waals surface area (Å²) < 4.78 is 11.5. The second kappa shape index (κ2) is 11.7. The quantitative estimate of drug-likeness (QED) is 0.177. The van der Waals surface area contributed by atoms with Gasteiger partial charge in [0, 0.05) is 54.2 Å². The monoisotopic (exact) mass is 440 g/mol. The van der Waals surface area contributed by atoms with Gasteiger partial charge in [-0.2, -0.15) is 10.1 Å². The molecular weight excluding hydrogens is 412 g/mol. The maximum absolute atomic E-state index is 5.88. The minimum absolute atomic E-state index is 0.362. The normalized spacial score (nSPS) is 13.2. The molecule has 0 aliphatic rings. The first kappa shape index (κ1) is 23.8. The van der Waals surface area contributed by atoms with E-state index < -0.39 is 0 Å². The van der Waals surface area contributed by atoms with Gasteiger partial charge in [-0.05, 0) is 37.4 Å². The van der Waals surface area contributed by atoms with Gasteiger partial charge >= 0.3 is 0 Å². The summed E-state index contributed by atoms with van der Waals surface area (Å²) >= 11 is 1.66. The van der Waals surface area contributed by atoms with Crippen LogP contribution >= 0.6 is 11.8 Å². The minimum Gasteiger partial charge on any atom is -0.492 e. The number of hydrogen-bond acceptors (Lipinski definition) is 8. The van der Waals surface area contributed by atoms with Crippen LogP contribution in [0.1, 0.15) is 12.6 Å². The number of rotatable bonds is 9. The second-order valence-electron chi connectivity index (χ2n) is 6.34. The minimum atomic E-state index is 0.362. The Morgan fingerprint density at radius 1 is 1.32 bits per heavy atom. The zero-order valence-corrected chi connectivity index (χ0v) is 19.2. The van der Waals surface area contributed by atoms with Gasteiger partial charge in [-0.1, -0.05) is 6.58 Å². The molecule has 2 rings (SSSR count). The third-order valence-electron chi connectivity index (χ3n) is 4.04. The highest BCUT2D eigenvalue weighted by atomic mass is 32.2. The summed E-state index contributed by atoms with van der Waals surface area (Å²) in [7, 11) is 3.18. The van der Waals surface area contributed by atoms with E-state index in [0.717, 1.165) is 10.6 Å². The smallest absolute Gasteiger partial charge is 0.193 e. The van der Waals surface area contributed by atoms with Gasteiger partial charge in [0.1, 0.15) is 5.75 Å². The summed E-state index contributed by atoms with van der Waals surface area (Å²) in [4.78, 5) is 9.75. The molecule has 0 radical (unpaired) electrons. The Morgan fingerprint density at radius 3 is 2.55 bits per heavy atom. The van der Waals surface area contributed by atoms with Crippen LogP contribution in [0.4, 0.5) is 5.82 Å². The SMILES string of the molecule is C=C(/C(C=NC)=C/N)/C(OC)=C(\N=C(/C)Oc1ccc(SC)cc1)Nc1cc(C)[nH]n1. The highest BCUT2D eigenvalue weighted by molar-refractivity contribution is 7.98. The van der Waals surface area contributed by atoms with Crippen molar-refractivity contribution in [1.29, 1.82) is 0 Å². The Bertz CT molecular complexity index is 1020. The third kappa shape index (κ3) is 6.78. The van der Waals surface area contributed by atoms with Gasteiger partial charge in [0.05, 0.1) is 7.11 Å². The molecular formula is C22H28N6O2S. The van der Waals surface area contributed by atoms with E-state index in [4.69, 9.17) is 15.2 Å². The number of anilines is 1. The van der Waals surface area contributed by atoms with Crippen molar-refractivity contribution in [2.24, 2.45) is 15.7 Å². The Hall–Kier alpha value is -3.46. The molecule has 0 saturated heterocycles. The number of thioether (sulfide) groups is 1. The molecule has 0 aliphatic carbocycles. The maximum Gasteiger partial charge on any atom is 0.193 e. The molecule has 164 valence electrons. The molecule has 0 atom stereocenters. The van der Waals surface area contributed by atoms with Crippen LogP contribution in [0.15, 0.2) is 80.7 Å². The van der Waals surface area contributed by atoms with Crippen molar-refractivity contribution in [3.63, 3.8) is 0 Å². The van der Waals surface area contributed by atoms with Crippen molar-refractivity contribution in [3.05, 3.63) is 71.5 Å². The summed E-state index contributed by atoms with van der Waals surface area (Å²) in [6, 6.07) is 9.60. The fraction of sp³-hybridized carbons (Fsp3) is 0.227. The number of aliphatic imine (C=N–C) groups is 2. The topological polar surface area (TPSA) is 110 Å². The number of benzene rings is 1. The van der Waals surface area contributed by atoms with Crippen LogP contribution in [-0.2, 0) is 4.74 Å². The lowest BCUT2D eigenvalue weighted by Crippen LogP contribution is -2.12. The van der Waals surface area contributed by atoms with Crippen LogP contribution in [-0.4, -0.2) is 42.7 Å². The third-order valence-corrected chi connectivity index (χ3v) is 4.78. The number of ether oxygens (including phenoxy) is 2.